The van der Waals surface area contributed by atoms with E-state index in [1.54, 1.807) is 0 Å². The number of carbonyl (C=O) groups is 1. The minimum absolute atomic E-state index is 0.0261. The Balaban J connectivity index is 1.73. The Bertz CT molecular complexity index is 913. The summed E-state index contributed by atoms with van der Waals surface area (Å²) < 4.78 is 13.8. The monoisotopic (exact) mass is 383 g/mol. The Kier molecular flexibility index (Phi) is 6.22. The summed E-state index contributed by atoms with van der Waals surface area (Å²) in [5.74, 6) is -0.796. The number of benzene rings is 3. The summed E-state index contributed by atoms with van der Waals surface area (Å²) in [7, 11) is 0. The van der Waals surface area contributed by atoms with Gasteiger partial charge in [0.2, 0.25) is 0 Å². The number of nitrogens with two attached hydrogens (primary N) is 1. The molecule has 27 heavy (non-hydrogen) atoms. The quantitative estimate of drug-likeness (QED) is 0.662. The molecule has 0 unspecified atom stereocenters. The lowest BCUT2D eigenvalue weighted by atomic mass is 9.98. The van der Waals surface area contributed by atoms with Gasteiger partial charge in [-0.3, -0.25) is 4.79 Å². The number of rotatable bonds is 6. The summed E-state index contributed by atoms with van der Waals surface area (Å²) in [5.41, 5.74) is 3.48. The largest absolute Gasteiger partial charge is 0.328 e. The fraction of sp³-hybridized carbons (Fsp3) is 0.136. The van der Waals surface area contributed by atoms with Gasteiger partial charge in [0.1, 0.15) is 11.9 Å². The van der Waals surface area contributed by atoms with E-state index in [2.05, 4.69) is 29.6 Å². The van der Waals surface area contributed by atoms with Gasteiger partial charge >= 0.3 is 0 Å². The minimum Gasteiger partial charge on any atom is -0.328 e. The number of hydrogen-bond donors (Lipinski definition) is 2. The van der Waals surface area contributed by atoms with Gasteiger partial charge in [0.15, 0.2) is 6.54 Å². The molecule has 138 valence electrons. The van der Waals surface area contributed by atoms with Crippen molar-refractivity contribution in [3.05, 3.63) is 100 Å². The highest BCUT2D eigenvalue weighted by molar-refractivity contribution is 6.30. The fourth-order valence-corrected chi connectivity index (χ4v) is 3.09. The summed E-state index contributed by atoms with van der Waals surface area (Å²) in [4.78, 5) is 12.3. The summed E-state index contributed by atoms with van der Waals surface area (Å²) in [6.45, 7) is 2.19. The van der Waals surface area contributed by atoms with Gasteiger partial charge < -0.3 is 10.6 Å². The van der Waals surface area contributed by atoms with Crippen LogP contribution in [0.4, 0.5) is 10.1 Å². The van der Waals surface area contributed by atoms with E-state index in [1.807, 2.05) is 42.6 Å². The first kappa shape index (κ1) is 19.1. The molecule has 3 aromatic carbocycles. The SMILES string of the molecule is Cc1ccc([C@@H]([NH2+]CC(=O)Nc2cc(Cl)ccc2F)c2ccccc2)cc1. The van der Waals surface area contributed by atoms with E-state index < -0.39 is 5.82 Å². The zero-order valence-electron chi connectivity index (χ0n) is 15.0. The van der Waals surface area contributed by atoms with Crippen LogP contribution in [0.5, 0.6) is 0 Å². The van der Waals surface area contributed by atoms with E-state index in [1.165, 1.54) is 23.8 Å². The van der Waals surface area contributed by atoms with Crippen LogP contribution in [0.15, 0.2) is 72.8 Å². The number of carbonyl (C=O) groups excluding carboxylic acids is 1. The Labute approximate surface area is 163 Å². The third-order valence-electron chi connectivity index (χ3n) is 4.34. The average molecular weight is 384 g/mol. The molecular formula is C22H21ClFN2O+. The third-order valence-corrected chi connectivity index (χ3v) is 4.57. The molecule has 0 saturated heterocycles. The van der Waals surface area contributed by atoms with Crippen molar-refractivity contribution < 1.29 is 14.5 Å². The minimum atomic E-state index is -0.508. The Morgan fingerprint density at radius 2 is 1.70 bits per heavy atom. The molecule has 1 atom stereocenters. The van der Waals surface area contributed by atoms with Crippen LogP contribution in [0.3, 0.4) is 0 Å². The molecule has 0 radical (unpaired) electrons. The van der Waals surface area contributed by atoms with E-state index in [4.69, 9.17) is 11.6 Å². The molecule has 1 amide bonds. The lowest BCUT2D eigenvalue weighted by Gasteiger charge is -2.17. The molecule has 3 aromatic rings. The standard InChI is InChI=1S/C22H20ClFN2O/c1-15-7-9-17(10-8-15)22(16-5-3-2-4-6-16)25-14-21(27)26-20-13-18(23)11-12-19(20)24/h2-13,22,25H,14H2,1H3,(H,26,27)/p+1/t22-/m0/s1. The van der Waals surface area contributed by atoms with E-state index in [0.717, 1.165) is 11.1 Å². The van der Waals surface area contributed by atoms with Crippen LogP contribution in [0.2, 0.25) is 5.02 Å². The first-order valence-electron chi connectivity index (χ1n) is 8.72. The normalized spacial score (nSPS) is 11.8. The number of halogens is 2. The number of amides is 1. The summed E-state index contributed by atoms with van der Waals surface area (Å²) in [6.07, 6.45) is 0. The second-order valence-corrected chi connectivity index (χ2v) is 6.85. The van der Waals surface area contributed by atoms with Crippen LogP contribution in [-0.4, -0.2) is 12.5 Å². The lowest BCUT2D eigenvalue weighted by molar-refractivity contribution is -0.676. The number of aryl methyl sites for hydroxylation is 1. The van der Waals surface area contributed by atoms with E-state index in [-0.39, 0.29) is 24.2 Å². The zero-order chi connectivity index (χ0) is 19.2. The highest BCUT2D eigenvalue weighted by Crippen LogP contribution is 2.20. The average Bonchev–Trinajstić information content (AvgIpc) is 2.67. The van der Waals surface area contributed by atoms with Gasteiger partial charge in [0.25, 0.3) is 5.91 Å². The van der Waals surface area contributed by atoms with Crippen LogP contribution < -0.4 is 10.6 Å². The zero-order valence-corrected chi connectivity index (χ0v) is 15.7. The Morgan fingerprint density at radius 1 is 1.04 bits per heavy atom. The molecule has 0 spiro atoms. The highest BCUT2D eigenvalue weighted by atomic mass is 35.5. The topological polar surface area (TPSA) is 45.7 Å². The lowest BCUT2D eigenvalue weighted by Crippen LogP contribution is -2.87. The number of hydrogen-bond acceptors (Lipinski definition) is 1. The number of nitrogens with one attached hydrogen (secondary N) is 1. The summed E-state index contributed by atoms with van der Waals surface area (Å²) in [6, 6.07) is 22.3. The molecule has 0 aliphatic rings. The van der Waals surface area contributed by atoms with E-state index in [0.29, 0.717) is 5.02 Å². The maximum atomic E-state index is 13.8. The molecule has 0 heterocycles. The van der Waals surface area contributed by atoms with Crippen molar-refractivity contribution >= 4 is 23.2 Å². The highest BCUT2D eigenvalue weighted by Gasteiger charge is 2.19. The Hall–Kier alpha value is -2.69. The first-order chi connectivity index (χ1) is 13.0. The Morgan fingerprint density at radius 3 is 2.41 bits per heavy atom. The molecule has 3 nitrogen and oxygen atoms in total. The van der Waals surface area contributed by atoms with Gasteiger partial charge in [-0.2, -0.15) is 0 Å². The van der Waals surface area contributed by atoms with Crippen molar-refractivity contribution in [2.75, 3.05) is 11.9 Å². The molecule has 0 bridgehead atoms. The first-order valence-corrected chi connectivity index (χ1v) is 9.10. The van der Waals surface area contributed by atoms with Crippen molar-refractivity contribution in [1.29, 1.82) is 0 Å². The second-order valence-electron chi connectivity index (χ2n) is 6.41. The van der Waals surface area contributed by atoms with Crippen LogP contribution in [0.1, 0.15) is 22.7 Å². The molecule has 0 saturated carbocycles. The summed E-state index contributed by atoms with van der Waals surface area (Å²) >= 11 is 5.87. The molecular weight excluding hydrogens is 363 g/mol. The molecule has 3 N–H and O–H groups in total. The molecule has 0 aliphatic heterocycles. The van der Waals surface area contributed by atoms with Crippen molar-refractivity contribution in [1.82, 2.24) is 0 Å². The molecule has 0 aromatic heterocycles. The fourth-order valence-electron chi connectivity index (χ4n) is 2.92. The van der Waals surface area contributed by atoms with Crippen molar-refractivity contribution in [2.24, 2.45) is 0 Å². The van der Waals surface area contributed by atoms with Gasteiger partial charge in [-0.1, -0.05) is 71.8 Å². The molecule has 0 aliphatic carbocycles. The van der Waals surface area contributed by atoms with Crippen molar-refractivity contribution in [3.63, 3.8) is 0 Å². The number of anilines is 1. The van der Waals surface area contributed by atoms with Crippen LogP contribution in [-0.2, 0) is 4.79 Å². The predicted octanol–water partition coefficient (Wildman–Crippen LogP) is 4.08. The van der Waals surface area contributed by atoms with E-state index >= 15 is 0 Å². The van der Waals surface area contributed by atoms with Crippen LogP contribution in [0.25, 0.3) is 0 Å². The van der Waals surface area contributed by atoms with Crippen LogP contribution >= 0.6 is 11.6 Å². The maximum Gasteiger partial charge on any atom is 0.279 e. The smallest absolute Gasteiger partial charge is 0.279 e. The van der Waals surface area contributed by atoms with Crippen molar-refractivity contribution in [2.45, 2.75) is 13.0 Å². The number of quaternary nitrogens is 1. The van der Waals surface area contributed by atoms with Gasteiger partial charge in [-0.05, 0) is 25.1 Å². The van der Waals surface area contributed by atoms with Gasteiger partial charge in [-0.15, -0.1) is 0 Å². The molecule has 3 rings (SSSR count). The van der Waals surface area contributed by atoms with Gasteiger partial charge in [0.05, 0.1) is 5.69 Å². The van der Waals surface area contributed by atoms with Gasteiger partial charge in [-0.25, -0.2) is 4.39 Å². The second kappa shape index (κ2) is 8.80. The van der Waals surface area contributed by atoms with Gasteiger partial charge in [0, 0.05) is 16.1 Å². The maximum absolute atomic E-state index is 13.8. The molecule has 5 heteroatoms. The van der Waals surface area contributed by atoms with Crippen molar-refractivity contribution in [3.8, 4) is 0 Å². The van der Waals surface area contributed by atoms with Crippen LogP contribution in [0, 0.1) is 12.7 Å². The summed E-state index contributed by atoms with van der Waals surface area (Å²) in [5, 5.41) is 4.90. The third kappa shape index (κ3) is 5.16. The predicted molar refractivity (Wildman–Crippen MR) is 106 cm³/mol. The molecule has 0 fully saturated rings. The van der Waals surface area contributed by atoms with E-state index in [9.17, 15) is 9.18 Å².